The zero-order valence-electron chi connectivity index (χ0n) is 15.4. The Morgan fingerprint density at radius 3 is 2.74 bits per heavy atom. The summed E-state index contributed by atoms with van der Waals surface area (Å²) in [6.45, 7) is 3.19. The van der Waals surface area contributed by atoms with Crippen molar-refractivity contribution in [1.29, 1.82) is 0 Å². The van der Waals surface area contributed by atoms with Crippen LogP contribution in [0.25, 0.3) is 10.9 Å². The van der Waals surface area contributed by atoms with Crippen molar-refractivity contribution in [2.45, 2.75) is 39.2 Å². The van der Waals surface area contributed by atoms with E-state index < -0.39 is 11.9 Å². The number of hydrogen-bond acceptors (Lipinski definition) is 4. The lowest BCUT2D eigenvalue weighted by Gasteiger charge is -2.16. The topological polar surface area (TPSA) is 92.5 Å². The molecule has 1 aromatic carbocycles. The van der Waals surface area contributed by atoms with Crippen LogP contribution in [-0.4, -0.2) is 44.5 Å². The third-order valence-electron chi connectivity index (χ3n) is 5.78. The fraction of sp³-hybridized carbons (Fsp3) is 0.500. The van der Waals surface area contributed by atoms with Crippen molar-refractivity contribution in [3.63, 3.8) is 0 Å². The van der Waals surface area contributed by atoms with Crippen LogP contribution in [0.5, 0.6) is 0 Å². The van der Waals surface area contributed by atoms with Crippen molar-refractivity contribution < 1.29 is 14.7 Å². The monoisotopic (exact) mass is 369 g/mol. The zero-order valence-corrected chi connectivity index (χ0v) is 15.4. The zero-order chi connectivity index (χ0) is 19.1. The van der Waals surface area contributed by atoms with Crippen molar-refractivity contribution in [2.75, 3.05) is 13.1 Å². The van der Waals surface area contributed by atoms with Gasteiger partial charge in [-0.2, -0.15) is 0 Å². The average molecular weight is 369 g/mol. The molecule has 0 radical (unpaired) electrons. The minimum absolute atomic E-state index is 0.0448. The molecule has 0 unspecified atom stereocenters. The number of aromatic nitrogens is 2. The van der Waals surface area contributed by atoms with Gasteiger partial charge in [-0.05, 0) is 37.0 Å². The van der Waals surface area contributed by atoms with E-state index in [9.17, 15) is 19.5 Å². The number of aryl methyl sites for hydroxylation is 1. The molecule has 1 saturated heterocycles. The van der Waals surface area contributed by atoms with Crippen LogP contribution in [0.4, 0.5) is 0 Å². The Labute approximate surface area is 156 Å². The van der Waals surface area contributed by atoms with Gasteiger partial charge < -0.3 is 10.0 Å². The quantitative estimate of drug-likeness (QED) is 0.873. The van der Waals surface area contributed by atoms with Crippen LogP contribution in [0.2, 0.25) is 0 Å². The van der Waals surface area contributed by atoms with E-state index in [1.165, 1.54) is 0 Å². The third-order valence-corrected chi connectivity index (χ3v) is 5.78. The highest BCUT2D eigenvalue weighted by Crippen LogP contribution is 2.25. The molecule has 0 saturated carbocycles. The summed E-state index contributed by atoms with van der Waals surface area (Å²) in [6, 6.07) is 4.99. The summed E-state index contributed by atoms with van der Waals surface area (Å²) in [6.07, 6.45) is 3.85. The summed E-state index contributed by atoms with van der Waals surface area (Å²) in [5.74, 6) is -0.897. The first-order valence-corrected chi connectivity index (χ1v) is 9.51. The number of likely N-dealkylation sites (tertiary alicyclic amines) is 1. The number of carbonyl (C=O) groups excluding carboxylic acids is 1. The lowest BCUT2D eigenvalue weighted by Crippen LogP contribution is -2.30. The number of amides is 1. The van der Waals surface area contributed by atoms with Crippen molar-refractivity contribution in [1.82, 2.24) is 14.5 Å². The number of fused-ring (bicyclic) bond motifs is 2. The predicted molar refractivity (Wildman–Crippen MR) is 99.8 cm³/mol. The van der Waals surface area contributed by atoms with Crippen molar-refractivity contribution in [3.8, 4) is 0 Å². The number of hydrogen-bond donors (Lipinski definition) is 1. The molecule has 1 fully saturated rings. The van der Waals surface area contributed by atoms with Gasteiger partial charge in [0.15, 0.2) is 0 Å². The van der Waals surface area contributed by atoms with Gasteiger partial charge in [0.05, 0.1) is 16.8 Å². The summed E-state index contributed by atoms with van der Waals surface area (Å²) in [5.41, 5.74) is 0.948. The van der Waals surface area contributed by atoms with Gasteiger partial charge in [-0.3, -0.25) is 19.0 Å². The van der Waals surface area contributed by atoms with Crippen LogP contribution >= 0.6 is 0 Å². The molecule has 27 heavy (non-hydrogen) atoms. The first-order valence-electron chi connectivity index (χ1n) is 9.51. The Bertz CT molecular complexity index is 981. The summed E-state index contributed by atoms with van der Waals surface area (Å²) in [5, 5.41) is 9.80. The molecule has 7 heteroatoms. The average Bonchev–Trinajstić information content (AvgIpc) is 2.88. The van der Waals surface area contributed by atoms with Crippen molar-refractivity contribution in [2.24, 2.45) is 11.8 Å². The molecule has 142 valence electrons. The SMILES string of the molecule is C[C@@H]1CN(C(=O)c2ccc3c(=O)n4c(nc3c2)CCCCC4)C[C@H]1C(=O)O. The molecular formula is C20H23N3O4. The molecule has 0 spiro atoms. The Morgan fingerprint density at radius 1 is 1.19 bits per heavy atom. The summed E-state index contributed by atoms with van der Waals surface area (Å²) in [4.78, 5) is 43.2. The van der Waals surface area contributed by atoms with Crippen LogP contribution in [0, 0.1) is 11.8 Å². The normalized spacial score (nSPS) is 22.5. The lowest BCUT2D eigenvalue weighted by molar-refractivity contribution is -0.142. The molecule has 7 nitrogen and oxygen atoms in total. The van der Waals surface area contributed by atoms with E-state index in [1.807, 2.05) is 6.92 Å². The third kappa shape index (κ3) is 3.11. The largest absolute Gasteiger partial charge is 0.481 e. The van der Waals surface area contributed by atoms with Crippen molar-refractivity contribution in [3.05, 3.63) is 39.9 Å². The molecule has 1 N–H and O–H groups in total. The van der Waals surface area contributed by atoms with E-state index >= 15 is 0 Å². The minimum Gasteiger partial charge on any atom is -0.481 e. The van der Waals surface area contributed by atoms with Gasteiger partial charge in [0.25, 0.3) is 11.5 Å². The number of carbonyl (C=O) groups is 2. The first kappa shape index (κ1) is 17.7. The molecule has 2 aromatic rings. The van der Waals surface area contributed by atoms with E-state index in [0.717, 1.165) is 31.5 Å². The second-order valence-corrected chi connectivity index (χ2v) is 7.66. The van der Waals surface area contributed by atoms with E-state index in [-0.39, 0.29) is 23.9 Å². The highest BCUT2D eigenvalue weighted by atomic mass is 16.4. The fourth-order valence-corrected chi connectivity index (χ4v) is 4.19. The minimum atomic E-state index is -0.867. The molecular weight excluding hydrogens is 346 g/mol. The Balaban J connectivity index is 1.68. The van der Waals surface area contributed by atoms with E-state index in [0.29, 0.717) is 29.6 Å². The second kappa shape index (κ2) is 6.79. The number of aliphatic carboxylic acids is 1. The van der Waals surface area contributed by atoms with Gasteiger partial charge in [-0.25, -0.2) is 4.98 Å². The first-order chi connectivity index (χ1) is 13.0. The summed E-state index contributed by atoms with van der Waals surface area (Å²) < 4.78 is 1.76. The van der Waals surface area contributed by atoms with Crippen molar-refractivity contribution >= 4 is 22.8 Å². The standard InChI is InChI=1S/C20H23N3O4/c1-12-10-22(11-15(12)20(26)27)18(24)13-6-7-14-16(9-13)21-17-5-3-2-4-8-23(17)19(14)25/h6-7,9,12,15H,2-5,8,10-11H2,1H3,(H,26,27)/t12-,15-/m1/s1. The van der Waals surface area contributed by atoms with Crippen LogP contribution in [0.15, 0.2) is 23.0 Å². The molecule has 0 bridgehead atoms. The van der Waals surface area contributed by atoms with Gasteiger partial charge in [0, 0.05) is 31.6 Å². The molecule has 2 aliphatic rings. The maximum absolute atomic E-state index is 12.9. The number of carboxylic acid groups (broad SMARTS) is 1. The summed E-state index contributed by atoms with van der Waals surface area (Å²) >= 11 is 0. The highest BCUT2D eigenvalue weighted by Gasteiger charge is 2.37. The molecule has 0 aliphatic carbocycles. The lowest BCUT2D eigenvalue weighted by atomic mass is 9.99. The molecule has 3 heterocycles. The molecule has 4 rings (SSSR count). The molecule has 2 aliphatic heterocycles. The molecule has 2 atom stereocenters. The number of rotatable bonds is 2. The second-order valence-electron chi connectivity index (χ2n) is 7.66. The van der Waals surface area contributed by atoms with Crippen LogP contribution < -0.4 is 5.56 Å². The van der Waals surface area contributed by atoms with E-state index in [1.54, 1.807) is 27.7 Å². The summed E-state index contributed by atoms with van der Waals surface area (Å²) in [7, 11) is 0. The fourth-order valence-electron chi connectivity index (χ4n) is 4.19. The highest BCUT2D eigenvalue weighted by molar-refractivity contribution is 5.98. The smallest absolute Gasteiger partial charge is 0.308 e. The Morgan fingerprint density at radius 2 is 2.00 bits per heavy atom. The number of benzene rings is 1. The van der Waals surface area contributed by atoms with Crippen LogP contribution in [-0.2, 0) is 17.8 Å². The van der Waals surface area contributed by atoms with E-state index in [2.05, 4.69) is 4.98 Å². The Hall–Kier alpha value is -2.70. The van der Waals surface area contributed by atoms with Gasteiger partial charge in [-0.1, -0.05) is 13.3 Å². The van der Waals surface area contributed by atoms with E-state index in [4.69, 9.17) is 0 Å². The maximum atomic E-state index is 12.9. The Kier molecular flexibility index (Phi) is 4.45. The van der Waals surface area contributed by atoms with Gasteiger partial charge in [0.1, 0.15) is 5.82 Å². The maximum Gasteiger partial charge on any atom is 0.308 e. The number of carboxylic acids is 1. The van der Waals surface area contributed by atoms with Crippen LogP contribution in [0.1, 0.15) is 42.4 Å². The molecule has 1 aromatic heterocycles. The van der Waals surface area contributed by atoms with Gasteiger partial charge in [0.2, 0.25) is 0 Å². The van der Waals surface area contributed by atoms with Crippen LogP contribution in [0.3, 0.4) is 0 Å². The van der Waals surface area contributed by atoms with Gasteiger partial charge >= 0.3 is 5.97 Å². The predicted octanol–water partition coefficient (Wildman–Crippen LogP) is 1.92. The number of nitrogens with zero attached hydrogens (tertiary/aromatic N) is 3. The molecule has 1 amide bonds. The van der Waals surface area contributed by atoms with Gasteiger partial charge in [-0.15, -0.1) is 0 Å².